The molecule has 0 bridgehead atoms. The van der Waals surface area contributed by atoms with Crippen molar-refractivity contribution in [3.63, 3.8) is 0 Å². The van der Waals surface area contributed by atoms with Crippen LogP contribution in [0.2, 0.25) is 0 Å². The zero-order valence-electron chi connectivity index (χ0n) is 7.48. The van der Waals surface area contributed by atoms with Gasteiger partial charge in [-0.2, -0.15) is 0 Å². The molecule has 0 unspecified atom stereocenters. The summed E-state index contributed by atoms with van der Waals surface area (Å²) in [6.07, 6.45) is 7.70. The second-order valence-corrected chi connectivity index (χ2v) is 3.41. The van der Waals surface area contributed by atoms with Gasteiger partial charge in [0.15, 0.2) is 0 Å². The van der Waals surface area contributed by atoms with Gasteiger partial charge >= 0.3 is 0 Å². The van der Waals surface area contributed by atoms with Gasteiger partial charge in [-0.05, 0) is 25.3 Å². The van der Waals surface area contributed by atoms with E-state index in [2.05, 4.69) is 0 Å². The van der Waals surface area contributed by atoms with Crippen LogP contribution in [0.5, 0.6) is 0 Å². The van der Waals surface area contributed by atoms with E-state index in [0.29, 0.717) is 0 Å². The SMILES string of the molecule is O=CN1CCCC[C@@H]1c1ccoc1. The topological polar surface area (TPSA) is 33.5 Å². The summed E-state index contributed by atoms with van der Waals surface area (Å²) in [5.74, 6) is 0. The number of nitrogens with zero attached hydrogens (tertiary/aromatic N) is 1. The first-order valence-corrected chi connectivity index (χ1v) is 4.65. The molecular weight excluding hydrogens is 166 g/mol. The molecule has 1 aliphatic rings. The zero-order valence-corrected chi connectivity index (χ0v) is 7.48. The molecule has 1 aromatic rings. The van der Waals surface area contributed by atoms with E-state index >= 15 is 0 Å². The number of likely N-dealkylation sites (tertiary alicyclic amines) is 1. The molecule has 0 N–H and O–H groups in total. The summed E-state index contributed by atoms with van der Waals surface area (Å²) >= 11 is 0. The lowest BCUT2D eigenvalue weighted by Crippen LogP contribution is -2.31. The van der Waals surface area contributed by atoms with Crippen molar-refractivity contribution < 1.29 is 9.21 Å². The van der Waals surface area contributed by atoms with E-state index in [1.54, 1.807) is 12.5 Å². The summed E-state index contributed by atoms with van der Waals surface area (Å²) in [7, 11) is 0. The summed E-state index contributed by atoms with van der Waals surface area (Å²) in [6.45, 7) is 0.874. The lowest BCUT2D eigenvalue weighted by atomic mass is 9.98. The van der Waals surface area contributed by atoms with E-state index in [4.69, 9.17) is 4.42 Å². The van der Waals surface area contributed by atoms with Crippen LogP contribution in [0.3, 0.4) is 0 Å². The van der Waals surface area contributed by atoms with Crippen LogP contribution in [-0.4, -0.2) is 17.9 Å². The third-order valence-electron chi connectivity index (χ3n) is 2.61. The van der Waals surface area contributed by atoms with Crippen LogP contribution >= 0.6 is 0 Å². The molecule has 2 rings (SSSR count). The molecule has 0 saturated carbocycles. The zero-order chi connectivity index (χ0) is 9.10. The molecule has 0 aliphatic carbocycles. The second kappa shape index (κ2) is 3.64. The Hall–Kier alpha value is -1.25. The minimum Gasteiger partial charge on any atom is -0.472 e. The van der Waals surface area contributed by atoms with Crippen molar-refractivity contribution in [2.24, 2.45) is 0 Å². The number of amides is 1. The number of hydrogen-bond donors (Lipinski definition) is 0. The van der Waals surface area contributed by atoms with Crippen LogP contribution in [-0.2, 0) is 4.79 Å². The Kier molecular flexibility index (Phi) is 2.34. The Labute approximate surface area is 77.3 Å². The molecule has 13 heavy (non-hydrogen) atoms. The molecule has 3 nitrogen and oxygen atoms in total. The Morgan fingerprint density at radius 1 is 1.54 bits per heavy atom. The van der Waals surface area contributed by atoms with Crippen LogP contribution in [0, 0.1) is 0 Å². The molecule has 1 amide bonds. The maximum absolute atomic E-state index is 10.8. The number of rotatable bonds is 2. The average molecular weight is 179 g/mol. The molecule has 0 aromatic carbocycles. The van der Waals surface area contributed by atoms with Crippen molar-refractivity contribution in [1.29, 1.82) is 0 Å². The molecular formula is C10H13NO2. The first-order chi connectivity index (χ1) is 6.42. The number of carbonyl (C=O) groups is 1. The van der Waals surface area contributed by atoms with E-state index < -0.39 is 0 Å². The average Bonchev–Trinajstić information content (AvgIpc) is 2.70. The Morgan fingerprint density at radius 2 is 2.46 bits per heavy atom. The van der Waals surface area contributed by atoms with E-state index in [-0.39, 0.29) is 6.04 Å². The third-order valence-corrected chi connectivity index (χ3v) is 2.61. The lowest BCUT2D eigenvalue weighted by Gasteiger charge is -2.31. The van der Waals surface area contributed by atoms with Gasteiger partial charge in [-0.3, -0.25) is 4.79 Å². The summed E-state index contributed by atoms with van der Waals surface area (Å²) < 4.78 is 5.02. The van der Waals surface area contributed by atoms with Crippen molar-refractivity contribution in [3.05, 3.63) is 24.2 Å². The highest BCUT2D eigenvalue weighted by Crippen LogP contribution is 2.29. The molecule has 1 saturated heterocycles. The minimum atomic E-state index is 0.241. The fraction of sp³-hybridized carbons (Fsp3) is 0.500. The molecule has 1 aromatic heterocycles. The van der Waals surface area contributed by atoms with Crippen molar-refractivity contribution in [2.45, 2.75) is 25.3 Å². The van der Waals surface area contributed by atoms with Gasteiger partial charge in [-0.1, -0.05) is 0 Å². The predicted molar refractivity (Wildman–Crippen MR) is 48.1 cm³/mol. The van der Waals surface area contributed by atoms with Crippen LogP contribution in [0.1, 0.15) is 30.9 Å². The first kappa shape index (κ1) is 8.35. The number of piperidine rings is 1. The van der Waals surface area contributed by atoms with Crippen LogP contribution in [0.15, 0.2) is 23.0 Å². The molecule has 1 atom stereocenters. The van der Waals surface area contributed by atoms with Crippen molar-refractivity contribution in [2.75, 3.05) is 6.54 Å². The van der Waals surface area contributed by atoms with Crippen LogP contribution < -0.4 is 0 Å². The fourth-order valence-corrected chi connectivity index (χ4v) is 1.90. The van der Waals surface area contributed by atoms with Crippen LogP contribution in [0.4, 0.5) is 0 Å². The molecule has 0 radical (unpaired) electrons. The van der Waals surface area contributed by atoms with Crippen molar-refractivity contribution in [1.82, 2.24) is 4.90 Å². The Bertz CT molecular complexity index is 268. The maximum Gasteiger partial charge on any atom is 0.210 e. The van der Waals surface area contributed by atoms with E-state index in [0.717, 1.165) is 31.4 Å². The van der Waals surface area contributed by atoms with Crippen molar-refractivity contribution in [3.8, 4) is 0 Å². The van der Waals surface area contributed by atoms with E-state index in [1.807, 2.05) is 11.0 Å². The first-order valence-electron chi connectivity index (χ1n) is 4.65. The molecule has 1 aliphatic heterocycles. The van der Waals surface area contributed by atoms with Gasteiger partial charge in [0.2, 0.25) is 6.41 Å². The van der Waals surface area contributed by atoms with Crippen molar-refractivity contribution >= 4 is 6.41 Å². The molecule has 2 heterocycles. The lowest BCUT2D eigenvalue weighted by molar-refractivity contribution is -0.121. The highest BCUT2D eigenvalue weighted by atomic mass is 16.3. The fourth-order valence-electron chi connectivity index (χ4n) is 1.90. The molecule has 0 spiro atoms. The normalized spacial score (nSPS) is 23.1. The van der Waals surface area contributed by atoms with Gasteiger partial charge in [0.1, 0.15) is 0 Å². The maximum atomic E-state index is 10.8. The second-order valence-electron chi connectivity index (χ2n) is 3.41. The molecule has 3 heteroatoms. The van der Waals surface area contributed by atoms with E-state index in [9.17, 15) is 4.79 Å². The van der Waals surface area contributed by atoms with Gasteiger partial charge in [0.05, 0.1) is 18.6 Å². The number of furan rings is 1. The molecule has 70 valence electrons. The Morgan fingerprint density at radius 3 is 3.15 bits per heavy atom. The number of carbonyl (C=O) groups excluding carboxylic acids is 1. The van der Waals surface area contributed by atoms with Crippen LogP contribution in [0.25, 0.3) is 0 Å². The summed E-state index contributed by atoms with van der Waals surface area (Å²) in [6, 6.07) is 2.18. The quantitative estimate of drug-likeness (QED) is 0.650. The van der Waals surface area contributed by atoms with Gasteiger partial charge < -0.3 is 9.32 Å². The summed E-state index contributed by atoms with van der Waals surface area (Å²) in [5.41, 5.74) is 1.12. The highest BCUT2D eigenvalue weighted by Gasteiger charge is 2.22. The predicted octanol–water partition coefficient (Wildman–Crippen LogP) is 1.96. The van der Waals surface area contributed by atoms with Gasteiger partial charge in [0, 0.05) is 12.1 Å². The van der Waals surface area contributed by atoms with Gasteiger partial charge in [0.25, 0.3) is 0 Å². The third kappa shape index (κ3) is 1.59. The van der Waals surface area contributed by atoms with Gasteiger partial charge in [-0.25, -0.2) is 0 Å². The highest BCUT2D eigenvalue weighted by molar-refractivity contribution is 5.48. The minimum absolute atomic E-state index is 0.241. The Balaban J connectivity index is 2.15. The smallest absolute Gasteiger partial charge is 0.210 e. The monoisotopic (exact) mass is 179 g/mol. The summed E-state index contributed by atoms with van der Waals surface area (Å²) in [5, 5.41) is 0. The molecule has 1 fully saturated rings. The number of hydrogen-bond acceptors (Lipinski definition) is 2. The van der Waals surface area contributed by atoms with E-state index in [1.165, 1.54) is 6.42 Å². The largest absolute Gasteiger partial charge is 0.472 e. The van der Waals surface area contributed by atoms with Gasteiger partial charge in [-0.15, -0.1) is 0 Å². The summed E-state index contributed by atoms with van der Waals surface area (Å²) in [4.78, 5) is 12.6. The standard InChI is InChI=1S/C10H13NO2/c12-8-11-5-2-1-3-10(11)9-4-6-13-7-9/h4,6-8,10H,1-3,5H2/t10-/m1/s1.